The normalized spacial score (nSPS) is 10.2. The lowest BCUT2D eigenvalue weighted by Crippen LogP contribution is -2.31. The number of nitrogens with zero attached hydrogens (tertiary/aromatic N) is 2. The van der Waals surface area contributed by atoms with Crippen molar-refractivity contribution in [3.63, 3.8) is 0 Å². The summed E-state index contributed by atoms with van der Waals surface area (Å²) in [4.78, 5) is 17.7. The van der Waals surface area contributed by atoms with E-state index < -0.39 is 0 Å². The van der Waals surface area contributed by atoms with Crippen LogP contribution in [-0.2, 0) is 11.3 Å². The van der Waals surface area contributed by atoms with Crippen molar-refractivity contribution in [1.29, 1.82) is 0 Å². The number of rotatable bonds is 5. The quantitative estimate of drug-likeness (QED) is 0.840. The molecule has 0 saturated carbocycles. The molecule has 1 aromatic carbocycles. The Bertz CT molecular complexity index is 545. The van der Waals surface area contributed by atoms with Crippen LogP contribution in [0.15, 0.2) is 39.6 Å². The number of benzene rings is 1. The molecule has 1 amide bonds. The van der Waals surface area contributed by atoms with E-state index in [1.165, 1.54) is 11.3 Å². The molecule has 0 unspecified atom stereocenters. The molecule has 6 heteroatoms. The average Bonchev–Trinajstić information content (AvgIpc) is 2.90. The molecule has 0 aliphatic rings. The molecule has 19 heavy (non-hydrogen) atoms. The molecule has 100 valence electrons. The lowest BCUT2D eigenvalue weighted by Gasteiger charge is -2.16. The first kappa shape index (κ1) is 14.0. The second kappa shape index (κ2) is 6.68. The monoisotopic (exact) mass is 340 g/mol. The zero-order valence-corrected chi connectivity index (χ0v) is 12.8. The largest absolute Gasteiger partial charge is 0.483 e. The van der Waals surface area contributed by atoms with Crippen LogP contribution in [0, 0.1) is 0 Å². The molecule has 0 N–H and O–H groups in total. The number of para-hydroxylation sites is 1. The van der Waals surface area contributed by atoms with Crippen LogP contribution in [0.25, 0.3) is 0 Å². The molecular weight excluding hydrogens is 328 g/mol. The highest BCUT2D eigenvalue weighted by atomic mass is 79.9. The number of aromatic nitrogens is 1. The Morgan fingerprint density at radius 2 is 2.26 bits per heavy atom. The molecule has 1 aromatic heterocycles. The average molecular weight is 341 g/mol. The van der Waals surface area contributed by atoms with Crippen molar-refractivity contribution in [3.8, 4) is 5.75 Å². The van der Waals surface area contributed by atoms with Gasteiger partial charge in [0, 0.05) is 12.4 Å². The van der Waals surface area contributed by atoms with Crippen LogP contribution in [0.1, 0.15) is 5.69 Å². The Morgan fingerprint density at radius 3 is 2.95 bits per heavy atom. The van der Waals surface area contributed by atoms with Crippen molar-refractivity contribution in [2.45, 2.75) is 6.54 Å². The molecule has 4 nitrogen and oxygen atoms in total. The molecular formula is C13H13BrN2O2S. The van der Waals surface area contributed by atoms with Gasteiger partial charge in [-0.1, -0.05) is 12.1 Å². The molecule has 0 atom stereocenters. The first-order chi connectivity index (χ1) is 9.16. The third-order valence-electron chi connectivity index (χ3n) is 2.50. The van der Waals surface area contributed by atoms with E-state index in [0.29, 0.717) is 12.3 Å². The number of halogens is 1. The molecule has 0 aliphatic carbocycles. The number of amides is 1. The molecule has 2 rings (SSSR count). The van der Waals surface area contributed by atoms with Gasteiger partial charge in [0.1, 0.15) is 5.75 Å². The number of carbonyl (C=O) groups is 1. The van der Waals surface area contributed by atoms with Crippen molar-refractivity contribution in [2.75, 3.05) is 13.7 Å². The third-order valence-corrected chi connectivity index (χ3v) is 3.79. The van der Waals surface area contributed by atoms with Gasteiger partial charge in [0.15, 0.2) is 6.61 Å². The van der Waals surface area contributed by atoms with Crippen molar-refractivity contribution in [3.05, 3.63) is 45.3 Å². The van der Waals surface area contributed by atoms with Crippen molar-refractivity contribution >= 4 is 33.2 Å². The molecule has 2 aromatic rings. The Morgan fingerprint density at radius 1 is 1.47 bits per heavy atom. The molecule has 0 saturated heterocycles. The number of likely N-dealkylation sites (N-methyl/N-ethyl adjacent to an activating group) is 1. The van der Waals surface area contributed by atoms with E-state index in [0.717, 1.165) is 10.2 Å². The van der Waals surface area contributed by atoms with E-state index in [-0.39, 0.29) is 12.5 Å². The highest BCUT2D eigenvalue weighted by molar-refractivity contribution is 9.10. The minimum Gasteiger partial charge on any atom is -0.483 e. The fourth-order valence-electron chi connectivity index (χ4n) is 1.46. The summed E-state index contributed by atoms with van der Waals surface area (Å²) >= 11 is 4.89. The Balaban J connectivity index is 1.86. The SMILES string of the molecule is CN(Cc1cscn1)C(=O)COc1ccccc1Br. The summed E-state index contributed by atoms with van der Waals surface area (Å²) in [7, 11) is 1.74. The number of hydrogen-bond donors (Lipinski definition) is 0. The Kier molecular flexibility index (Phi) is 4.93. The number of hydrogen-bond acceptors (Lipinski definition) is 4. The number of thiazole rings is 1. The summed E-state index contributed by atoms with van der Waals surface area (Å²) in [5, 5.41) is 1.93. The maximum Gasteiger partial charge on any atom is 0.260 e. The van der Waals surface area contributed by atoms with E-state index in [1.807, 2.05) is 29.6 Å². The van der Waals surface area contributed by atoms with Gasteiger partial charge < -0.3 is 9.64 Å². The summed E-state index contributed by atoms with van der Waals surface area (Å²) < 4.78 is 6.32. The molecule has 0 radical (unpaired) electrons. The molecule has 0 aliphatic heterocycles. The van der Waals surface area contributed by atoms with Crippen LogP contribution in [0.4, 0.5) is 0 Å². The van der Waals surface area contributed by atoms with Crippen LogP contribution in [0.3, 0.4) is 0 Å². The van der Waals surface area contributed by atoms with E-state index in [4.69, 9.17) is 4.74 Å². The lowest BCUT2D eigenvalue weighted by atomic mass is 10.3. The fourth-order valence-corrected chi connectivity index (χ4v) is 2.41. The third kappa shape index (κ3) is 4.04. The second-order valence-electron chi connectivity index (χ2n) is 3.95. The molecule has 0 fully saturated rings. The van der Waals surface area contributed by atoms with Gasteiger partial charge in [-0.2, -0.15) is 0 Å². The van der Waals surface area contributed by atoms with E-state index in [1.54, 1.807) is 17.5 Å². The maximum absolute atomic E-state index is 11.9. The van der Waals surface area contributed by atoms with E-state index >= 15 is 0 Å². The molecule has 0 spiro atoms. The van der Waals surface area contributed by atoms with Crippen molar-refractivity contribution in [2.24, 2.45) is 0 Å². The second-order valence-corrected chi connectivity index (χ2v) is 5.52. The van der Waals surface area contributed by atoms with Crippen LogP contribution in [-0.4, -0.2) is 29.4 Å². The Labute approximate surface area is 124 Å². The maximum atomic E-state index is 11.9. The van der Waals surface area contributed by atoms with Crippen molar-refractivity contribution in [1.82, 2.24) is 9.88 Å². The standard InChI is InChI=1S/C13H13BrN2O2S/c1-16(6-10-8-19-9-15-10)13(17)7-18-12-5-3-2-4-11(12)14/h2-5,8-9H,6-7H2,1H3. The predicted octanol–water partition coefficient (Wildman–Crippen LogP) is 2.94. The van der Waals surface area contributed by atoms with Gasteiger partial charge in [-0.05, 0) is 28.1 Å². The predicted molar refractivity (Wildman–Crippen MR) is 78.2 cm³/mol. The van der Waals surface area contributed by atoms with Crippen molar-refractivity contribution < 1.29 is 9.53 Å². The summed E-state index contributed by atoms with van der Waals surface area (Å²) in [6, 6.07) is 7.45. The zero-order valence-electron chi connectivity index (χ0n) is 10.4. The van der Waals surface area contributed by atoms with Gasteiger partial charge in [-0.3, -0.25) is 4.79 Å². The summed E-state index contributed by atoms with van der Waals surface area (Å²) in [5.41, 5.74) is 2.65. The highest BCUT2D eigenvalue weighted by Crippen LogP contribution is 2.23. The topological polar surface area (TPSA) is 42.4 Å². The minimum atomic E-state index is -0.0799. The lowest BCUT2D eigenvalue weighted by molar-refractivity contribution is -0.132. The fraction of sp³-hybridized carbons (Fsp3) is 0.231. The zero-order chi connectivity index (χ0) is 13.7. The smallest absolute Gasteiger partial charge is 0.260 e. The first-order valence-electron chi connectivity index (χ1n) is 5.65. The summed E-state index contributed by atoms with van der Waals surface area (Å²) in [6.07, 6.45) is 0. The first-order valence-corrected chi connectivity index (χ1v) is 7.39. The van der Waals surface area contributed by atoms with Crippen LogP contribution in [0.2, 0.25) is 0 Å². The van der Waals surface area contributed by atoms with Gasteiger partial charge >= 0.3 is 0 Å². The highest BCUT2D eigenvalue weighted by Gasteiger charge is 2.11. The van der Waals surface area contributed by atoms with Crippen LogP contribution >= 0.6 is 27.3 Å². The van der Waals surface area contributed by atoms with E-state index in [9.17, 15) is 4.79 Å². The van der Waals surface area contributed by atoms with Crippen LogP contribution in [0.5, 0.6) is 5.75 Å². The van der Waals surface area contributed by atoms with Gasteiger partial charge in [-0.15, -0.1) is 11.3 Å². The van der Waals surface area contributed by atoms with E-state index in [2.05, 4.69) is 20.9 Å². The minimum absolute atomic E-state index is 0.0171. The number of ether oxygens (including phenoxy) is 1. The van der Waals surface area contributed by atoms with Gasteiger partial charge in [0.05, 0.1) is 22.2 Å². The summed E-state index contributed by atoms with van der Waals surface area (Å²) in [5.74, 6) is 0.585. The van der Waals surface area contributed by atoms with Gasteiger partial charge in [0.2, 0.25) is 0 Å². The number of carbonyl (C=O) groups excluding carboxylic acids is 1. The Hall–Kier alpha value is -1.40. The summed E-state index contributed by atoms with van der Waals surface area (Å²) in [6.45, 7) is 0.519. The van der Waals surface area contributed by atoms with Gasteiger partial charge in [-0.25, -0.2) is 4.98 Å². The molecule has 1 heterocycles. The van der Waals surface area contributed by atoms with Gasteiger partial charge in [0.25, 0.3) is 5.91 Å². The van der Waals surface area contributed by atoms with Crippen LogP contribution < -0.4 is 4.74 Å². The molecule has 0 bridgehead atoms.